The number of rotatable bonds is 24. The summed E-state index contributed by atoms with van der Waals surface area (Å²) in [5, 5.41) is 18.2. The highest BCUT2D eigenvalue weighted by Crippen LogP contribution is 2.36. The molecule has 298 valence electrons. The lowest BCUT2D eigenvalue weighted by atomic mass is 9.81. The quantitative estimate of drug-likeness (QED) is 0.0177. The molecule has 0 bridgehead atoms. The van der Waals surface area contributed by atoms with Gasteiger partial charge in [0.1, 0.15) is 23.1 Å². The van der Waals surface area contributed by atoms with E-state index in [-0.39, 0.29) is 17.8 Å². The zero-order valence-electron chi connectivity index (χ0n) is 32.4. The minimum Gasteiger partial charge on any atom is -0.494 e. The van der Waals surface area contributed by atoms with Crippen molar-refractivity contribution in [1.82, 2.24) is 5.32 Å². The van der Waals surface area contributed by atoms with Gasteiger partial charge in [0, 0.05) is 23.9 Å². The van der Waals surface area contributed by atoms with Gasteiger partial charge in [0.05, 0.1) is 31.4 Å². The topological polar surface area (TPSA) is 169 Å². The van der Waals surface area contributed by atoms with Gasteiger partial charge in [0.15, 0.2) is 0 Å². The van der Waals surface area contributed by atoms with E-state index in [9.17, 15) is 9.59 Å². The second kappa shape index (κ2) is 23.9. The predicted molar refractivity (Wildman–Crippen MR) is 223 cm³/mol. The number of amides is 1. The van der Waals surface area contributed by atoms with Gasteiger partial charge >= 0.3 is 5.97 Å². The zero-order valence-corrected chi connectivity index (χ0v) is 32.4. The number of aliphatic imine (C=N–C) groups is 1. The van der Waals surface area contributed by atoms with E-state index < -0.39 is 5.97 Å². The first kappa shape index (κ1) is 43.0. The van der Waals surface area contributed by atoms with Crippen LogP contribution in [0.4, 0.5) is 0 Å². The van der Waals surface area contributed by atoms with Crippen molar-refractivity contribution in [2.75, 3.05) is 26.4 Å². The average Bonchev–Trinajstić information content (AvgIpc) is 3.23. The monoisotopic (exact) mass is 763 g/mol. The van der Waals surface area contributed by atoms with Gasteiger partial charge in [0.25, 0.3) is 0 Å². The van der Waals surface area contributed by atoms with Gasteiger partial charge in [-0.25, -0.2) is 4.79 Å². The highest BCUT2D eigenvalue weighted by molar-refractivity contribution is 5.97. The van der Waals surface area contributed by atoms with Crippen LogP contribution < -0.4 is 25.3 Å². The number of hydrogen-bond donors (Lipinski definition) is 4. The molecule has 4 rings (SSSR count). The summed E-state index contributed by atoms with van der Waals surface area (Å²) >= 11 is 0. The summed E-state index contributed by atoms with van der Waals surface area (Å²) in [7, 11) is 0. The Morgan fingerprint density at radius 3 is 1.95 bits per heavy atom. The van der Waals surface area contributed by atoms with Crippen LogP contribution in [-0.4, -0.2) is 62.2 Å². The summed E-state index contributed by atoms with van der Waals surface area (Å²) in [6, 6.07) is 20.5. The Labute approximate surface area is 331 Å². The first-order valence-corrected chi connectivity index (χ1v) is 19.7. The van der Waals surface area contributed by atoms with Crippen LogP contribution in [0.2, 0.25) is 0 Å². The fourth-order valence-electron chi connectivity index (χ4n) is 6.45. The second-order valence-electron chi connectivity index (χ2n) is 13.8. The molecule has 11 heteroatoms. The Balaban J connectivity index is 1.16. The first-order chi connectivity index (χ1) is 27.3. The number of ether oxygens (including phenoxy) is 4. The number of nitrogens with one attached hydrogen (secondary N) is 3. The normalized spacial score (nSPS) is 15.2. The molecule has 3 aromatic rings. The van der Waals surface area contributed by atoms with Crippen LogP contribution in [0, 0.1) is 10.8 Å². The lowest BCUT2D eigenvalue weighted by molar-refractivity contribution is -0.116. The van der Waals surface area contributed by atoms with Crippen molar-refractivity contribution in [1.29, 1.82) is 10.8 Å². The van der Waals surface area contributed by atoms with E-state index in [0.29, 0.717) is 60.7 Å². The molecule has 0 aliphatic heterocycles. The van der Waals surface area contributed by atoms with Crippen molar-refractivity contribution in [2.45, 2.75) is 89.0 Å². The van der Waals surface area contributed by atoms with Crippen LogP contribution in [0.3, 0.4) is 0 Å². The molecule has 1 fully saturated rings. The van der Waals surface area contributed by atoms with Gasteiger partial charge in [-0.1, -0.05) is 32.1 Å². The smallest absolute Gasteiger partial charge is 0.343 e. The second-order valence-corrected chi connectivity index (χ2v) is 13.8. The summed E-state index contributed by atoms with van der Waals surface area (Å²) < 4.78 is 22.6. The van der Waals surface area contributed by atoms with Crippen molar-refractivity contribution in [3.05, 3.63) is 114 Å². The standard InChI is InChI=1S/C45H57N5O6/c1-3-42(47)55-30-12-8-7-11-29-53-39-22-15-34(16-23-39)44(48)50-38-20-13-33(14-21-38)36-19-26-41(37(31-36)32-46)56-45(52)35-17-24-40(25-18-35)54-28-10-6-5-9-27-49-43(51)4-2/h3-4,15-19,22-26,31-33,38,46-47H,1-2,5-14,20-21,27-30H2,(H2,48,50)(H,49,51). The zero-order chi connectivity index (χ0) is 40.0. The van der Waals surface area contributed by atoms with Gasteiger partial charge in [0.2, 0.25) is 11.8 Å². The lowest BCUT2D eigenvalue weighted by Gasteiger charge is -2.27. The minimum atomic E-state index is -0.494. The molecule has 1 aliphatic rings. The van der Waals surface area contributed by atoms with E-state index >= 15 is 0 Å². The molecule has 3 aromatic carbocycles. The molecule has 0 radical (unpaired) electrons. The van der Waals surface area contributed by atoms with Crippen LogP contribution in [0.5, 0.6) is 17.2 Å². The summed E-state index contributed by atoms with van der Waals surface area (Å²) in [4.78, 5) is 29.0. The molecule has 0 unspecified atom stereocenters. The van der Waals surface area contributed by atoms with Gasteiger partial charge in [-0.05, 0) is 149 Å². The van der Waals surface area contributed by atoms with Crippen LogP contribution in [0.1, 0.15) is 110 Å². The largest absolute Gasteiger partial charge is 0.494 e. The summed E-state index contributed by atoms with van der Waals surface area (Å²) in [5.74, 6) is 2.16. The summed E-state index contributed by atoms with van der Waals surface area (Å²) in [5.41, 5.74) is 9.37. The molecular formula is C45H57N5O6. The molecular weight excluding hydrogens is 707 g/mol. The summed E-state index contributed by atoms with van der Waals surface area (Å²) in [6.45, 7) is 9.34. The number of esters is 1. The first-order valence-electron chi connectivity index (χ1n) is 19.7. The molecule has 0 aromatic heterocycles. The molecule has 0 heterocycles. The Morgan fingerprint density at radius 1 is 0.768 bits per heavy atom. The third-order valence-corrected chi connectivity index (χ3v) is 9.70. The van der Waals surface area contributed by atoms with Gasteiger partial charge in [-0.15, -0.1) is 0 Å². The van der Waals surface area contributed by atoms with E-state index in [2.05, 4.69) is 18.5 Å². The Morgan fingerprint density at radius 2 is 1.36 bits per heavy atom. The maximum Gasteiger partial charge on any atom is 0.343 e. The van der Waals surface area contributed by atoms with Crippen molar-refractivity contribution < 1.29 is 28.5 Å². The minimum absolute atomic E-state index is 0.117. The van der Waals surface area contributed by atoms with E-state index in [1.165, 1.54) is 18.4 Å². The molecule has 0 atom stereocenters. The average molecular weight is 764 g/mol. The van der Waals surface area contributed by atoms with Crippen LogP contribution in [0.25, 0.3) is 0 Å². The SMILES string of the molecule is C=CC(=N)OCCCCCCOc1ccc(C(N)=NC2CCC(c3ccc(OC(=O)c4ccc(OCCCCCCNC(=O)C=C)cc4)c(C=N)c3)CC2)cc1. The predicted octanol–water partition coefficient (Wildman–Crippen LogP) is 8.70. The summed E-state index contributed by atoms with van der Waals surface area (Å²) in [6.07, 6.45) is 15.3. The molecule has 0 saturated heterocycles. The van der Waals surface area contributed by atoms with E-state index in [4.69, 9.17) is 40.5 Å². The number of hydrogen-bond acceptors (Lipinski definition) is 9. The maximum absolute atomic E-state index is 13.0. The number of unbranched alkanes of at least 4 members (excludes halogenated alkanes) is 6. The lowest BCUT2D eigenvalue weighted by Crippen LogP contribution is -2.22. The van der Waals surface area contributed by atoms with Crippen LogP contribution in [-0.2, 0) is 9.53 Å². The van der Waals surface area contributed by atoms with Gasteiger partial charge in [-0.2, -0.15) is 0 Å². The molecule has 11 nitrogen and oxygen atoms in total. The fourth-order valence-corrected chi connectivity index (χ4v) is 6.45. The molecule has 1 saturated carbocycles. The van der Waals surface area contributed by atoms with Crippen molar-refractivity contribution in [3.8, 4) is 17.2 Å². The number of carbonyl (C=O) groups excluding carboxylic acids is 2. The Kier molecular flexibility index (Phi) is 18.4. The molecule has 1 aliphatic carbocycles. The van der Waals surface area contributed by atoms with E-state index in [0.717, 1.165) is 93.9 Å². The molecule has 5 N–H and O–H groups in total. The number of benzene rings is 3. The van der Waals surface area contributed by atoms with Crippen molar-refractivity contribution in [3.63, 3.8) is 0 Å². The van der Waals surface area contributed by atoms with E-state index in [1.54, 1.807) is 30.3 Å². The Hall–Kier alpha value is -5.71. The molecule has 1 amide bonds. The highest BCUT2D eigenvalue weighted by Gasteiger charge is 2.23. The Bertz CT molecular complexity index is 1760. The van der Waals surface area contributed by atoms with Crippen molar-refractivity contribution in [2.24, 2.45) is 10.7 Å². The van der Waals surface area contributed by atoms with Crippen LogP contribution >= 0.6 is 0 Å². The van der Waals surface area contributed by atoms with E-state index in [1.807, 2.05) is 36.4 Å². The third kappa shape index (κ3) is 14.8. The molecule has 56 heavy (non-hydrogen) atoms. The highest BCUT2D eigenvalue weighted by atomic mass is 16.5. The van der Waals surface area contributed by atoms with Crippen LogP contribution in [0.15, 0.2) is 97.0 Å². The fraction of sp³-hybridized carbons (Fsp3) is 0.400. The molecule has 0 spiro atoms. The van der Waals surface area contributed by atoms with Gasteiger partial charge in [-0.3, -0.25) is 15.2 Å². The third-order valence-electron chi connectivity index (χ3n) is 9.70. The van der Waals surface area contributed by atoms with Crippen molar-refractivity contribution >= 4 is 29.8 Å². The maximum atomic E-state index is 13.0. The number of nitrogens with zero attached hydrogens (tertiary/aromatic N) is 1. The van der Waals surface area contributed by atoms with Gasteiger partial charge < -0.3 is 35.4 Å². The number of carbonyl (C=O) groups is 2. The number of amidine groups is 1. The number of nitrogens with two attached hydrogens (primary N) is 1.